The Hall–Kier alpha value is -1.06. The monoisotopic (exact) mass is 249 g/mol. The van der Waals surface area contributed by atoms with Gasteiger partial charge in [0.1, 0.15) is 12.4 Å². The molecule has 0 amide bonds. The van der Waals surface area contributed by atoms with Gasteiger partial charge in [0, 0.05) is 6.61 Å². The standard InChI is InChI=1S/C15H23NO2/c16-11-13-5-4-6-14(13)12-17-9-10-18-15-7-2-1-3-8-15/h1-3,7-8,13-14H,4-6,9-12,16H2. The lowest BCUT2D eigenvalue weighted by molar-refractivity contribution is 0.0646. The van der Waals surface area contributed by atoms with Gasteiger partial charge in [0.25, 0.3) is 0 Å². The van der Waals surface area contributed by atoms with Gasteiger partial charge in [-0.25, -0.2) is 0 Å². The number of benzene rings is 1. The third-order valence-corrected chi connectivity index (χ3v) is 3.69. The molecule has 1 saturated carbocycles. The number of hydrogen-bond donors (Lipinski definition) is 1. The van der Waals surface area contributed by atoms with E-state index in [9.17, 15) is 0 Å². The van der Waals surface area contributed by atoms with E-state index in [0.717, 1.165) is 18.9 Å². The van der Waals surface area contributed by atoms with Crippen LogP contribution < -0.4 is 10.5 Å². The molecule has 2 N–H and O–H groups in total. The van der Waals surface area contributed by atoms with E-state index in [-0.39, 0.29) is 0 Å². The Morgan fingerprint density at radius 3 is 2.61 bits per heavy atom. The van der Waals surface area contributed by atoms with Crippen molar-refractivity contribution in [1.82, 2.24) is 0 Å². The summed E-state index contributed by atoms with van der Waals surface area (Å²) in [5.41, 5.74) is 5.75. The molecule has 0 saturated heterocycles. The van der Waals surface area contributed by atoms with Crippen LogP contribution in [0.1, 0.15) is 19.3 Å². The fraction of sp³-hybridized carbons (Fsp3) is 0.600. The molecule has 18 heavy (non-hydrogen) atoms. The van der Waals surface area contributed by atoms with Crippen molar-refractivity contribution in [2.45, 2.75) is 19.3 Å². The first-order valence-corrected chi connectivity index (χ1v) is 6.86. The van der Waals surface area contributed by atoms with Gasteiger partial charge in [-0.3, -0.25) is 0 Å². The van der Waals surface area contributed by atoms with Crippen molar-refractivity contribution in [3.63, 3.8) is 0 Å². The maximum atomic E-state index is 5.75. The van der Waals surface area contributed by atoms with Crippen LogP contribution in [0.3, 0.4) is 0 Å². The van der Waals surface area contributed by atoms with Crippen LogP contribution in [0.25, 0.3) is 0 Å². The molecule has 2 unspecified atom stereocenters. The fourth-order valence-electron chi connectivity index (χ4n) is 2.61. The van der Waals surface area contributed by atoms with Crippen LogP contribution in [-0.2, 0) is 4.74 Å². The highest BCUT2D eigenvalue weighted by atomic mass is 16.5. The summed E-state index contributed by atoms with van der Waals surface area (Å²) in [4.78, 5) is 0. The minimum Gasteiger partial charge on any atom is -0.491 e. The molecule has 2 atom stereocenters. The molecule has 1 aliphatic rings. The van der Waals surface area contributed by atoms with E-state index in [1.54, 1.807) is 0 Å². The van der Waals surface area contributed by atoms with Crippen LogP contribution in [-0.4, -0.2) is 26.4 Å². The summed E-state index contributed by atoms with van der Waals surface area (Å²) in [5, 5.41) is 0. The molecule has 2 rings (SSSR count). The lowest BCUT2D eigenvalue weighted by Crippen LogP contribution is -2.23. The van der Waals surface area contributed by atoms with E-state index in [0.29, 0.717) is 25.0 Å². The maximum Gasteiger partial charge on any atom is 0.119 e. The first-order chi connectivity index (χ1) is 8.90. The minimum absolute atomic E-state index is 0.615. The van der Waals surface area contributed by atoms with E-state index >= 15 is 0 Å². The number of hydrogen-bond acceptors (Lipinski definition) is 3. The molecule has 3 heteroatoms. The third kappa shape index (κ3) is 4.00. The van der Waals surface area contributed by atoms with Gasteiger partial charge >= 0.3 is 0 Å². The Morgan fingerprint density at radius 2 is 1.83 bits per heavy atom. The molecule has 100 valence electrons. The van der Waals surface area contributed by atoms with Crippen LogP contribution in [0.2, 0.25) is 0 Å². The van der Waals surface area contributed by atoms with Crippen LogP contribution in [0, 0.1) is 11.8 Å². The zero-order valence-corrected chi connectivity index (χ0v) is 10.9. The molecule has 0 spiro atoms. The molecule has 1 fully saturated rings. The molecule has 1 aromatic carbocycles. The largest absolute Gasteiger partial charge is 0.491 e. The van der Waals surface area contributed by atoms with Gasteiger partial charge in [0.05, 0.1) is 6.61 Å². The molecular weight excluding hydrogens is 226 g/mol. The quantitative estimate of drug-likeness (QED) is 0.755. The predicted molar refractivity (Wildman–Crippen MR) is 72.6 cm³/mol. The van der Waals surface area contributed by atoms with Crippen molar-refractivity contribution >= 4 is 0 Å². The van der Waals surface area contributed by atoms with Gasteiger partial charge in [0.15, 0.2) is 0 Å². The van der Waals surface area contributed by atoms with E-state index in [1.807, 2.05) is 30.3 Å². The summed E-state index contributed by atoms with van der Waals surface area (Å²) in [6, 6.07) is 9.85. The summed E-state index contributed by atoms with van der Waals surface area (Å²) in [6.07, 6.45) is 3.84. The molecule has 0 aliphatic heterocycles. The second kappa shape index (κ2) is 7.39. The van der Waals surface area contributed by atoms with Crippen LogP contribution in [0.4, 0.5) is 0 Å². The summed E-state index contributed by atoms with van der Waals surface area (Å²) < 4.78 is 11.3. The van der Waals surface area contributed by atoms with Gasteiger partial charge in [0.2, 0.25) is 0 Å². The zero-order chi connectivity index (χ0) is 12.6. The van der Waals surface area contributed by atoms with Gasteiger partial charge in [-0.2, -0.15) is 0 Å². The lowest BCUT2D eigenvalue weighted by Gasteiger charge is -2.17. The van der Waals surface area contributed by atoms with Crippen molar-refractivity contribution in [3.05, 3.63) is 30.3 Å². The topological polar surface area (TPSA) is 44.5 Å². The second-order valence-corrected chi connectivity index (χ2v) is 4.92. The molecule has 1 aliphatic carbocycles. The highest BCUT2D eigenvalue weighted by Crippen LogP contribution is 2.30. The minimum atomic E-state index is 0.615. The predicted octanol–water partition coefficient (Wildman–Crippen LogP) is 2.46. The second-order valence-electron chi connectivity index (χ2n) is 4.92. The number of para-hydroxylation sites is 1. The van der Waals surface area contributed by atoms with Crippen molar-refractivity contribution < 1.29 is 9.47 Å². The average molecular weight is 249 g/mol. The molecule has 0 aromatic heterocycles. The summed E-state index contributed by atoms with van der Waals surface area (Å²) in [7, 11) is 0. The maximum absolute atomic E-state index is 5.75. The lowest BCUT2D eigenvalue weighted by atomic mass is 9.97. The smallest absolute Gasteiger partial charge is 0.119 e. The molecular formula is C15H23NO2. The van der Waals surface area contributed by atoms with Crippen molar-refractivity contribution in [3.8, 4) is 5.75 Å². The van der Waals surface area contributed by atoms with E-state index in [1.165, 1.54) is 19.3 Å². The summed E-state index contributed by atoms with van der Waals surface area (Å²) in [5.74, 6) is 2.23. The van der Waals surface area contributed by atoms with E-state index in [4.69, 9.17) is 15.2 Å². The van der Waals surface area contributed by atoms with Crippen LogP contribution in [0.15, 0.2) is 30.3 Å². The average Bonchev–Trinajstić information content (AvgIpc) is 2.87. The molecule has 0 bridgehead atoms. The first-order valence-electron chi connectivity index (χ1n) is 6.86. The first kappa shape index (κ1) is 13.4. The van der Waals surface area contributed by atoms with Crippen molar-refractivity contribution in [2.75, 3.05) is 26.4 Å². The Balaban J connectivity index is 1.56. The Bertz CT molecular complexity index is 329. The van der Waals surface area contributed by atoms with Crippen molar-refractivity contribution in [1.29, 1.82) is 0 Å². The summed E-state index contributed by atoms with van der Waals surface area (Å²) in [6.45, 7) is 2.90. The van der Waals surface area contributed by atoms with Gasteiger partial charge in [-0.15, -0.1) is 0 Å². The number of nitrogens with two attached hydrogens (primary N) is 1. The van der Waals surface area contributed by atoms with Crippen molar-refractivity contribution in [2.24, 2.45) is 17.6 Å². The Kier molecular flexibility index (Phi) is 5.49. The third-order valence-electron chi connectivity index (χ3n) is 3.69. The number of rotatable bonds is 7. The fourth-order valence-corrected chi connectivity index (χ4v) is 2.61. The van der Waals surface area contributed by atoms with Crippen LogP contribution in [0.5, 0.6) is 5.75 Å². The zero-order valence-electron chi connectivity index (χ0n) is 10.9. The van der Waals surface area contributed by atoms with E-state index in [2.05, 4.69) is 0 Å². The van der Waals surface area contributed by atoms with Gasteiger partial charge < -0.3 is 15.2 Å². The molecule has 0 radical (unpaired) electrons. The SMILES string of the molecule is NCC1CCCC1COCCOc1ccccc1. The normalized spacial score (nSPS) is 23.2. The molecule has 1 aromatic rings. The Labute approximate surface area is 109 Å². The highest BCUT2D eigenvalue weighted by molar-refractivity contribution is 5.20. The molecule has 0 heterocycles. The molecule has 3 nitrogen and oxygen atoms in total. The summed E-state index contributed by atoms with van der Waals surface area (Å²) >= 11 is 0. The van der Waals surface area contributed by atoms with Gasteiger partial charge in [-0.05, 0) is 43.4 Å². The Morgan fingerprint density at radius 1 is 1.06 bits per heavy atom. The van der Waals surface area contributed by atoms with Gasteiger partial charge in [-0.1, -0.05) is 24.6 Å². The van der Waals surface area contributed by atoms with Crippen LogP contribution >= 0.6 is 0 Å². The highest BCUT2D eigenvalue weighted by Gasteiger charge is 2.25. The van der Waals surface area contributed by atoms with E-state index < -0.39 is 0 Å². The number of ether oxygens (including phenoxy) is 2.